The Labute approximate surface area is 146 Å². The number of hydrogen-bond donors (Lipinski definition) is 1. The zero-order valence-electron chi connectivity index (χ0n) is 13.5. The normalized spacial score (nSPS) is 22.3. The fourth-order valence-corrected chi connectivity index (χ4v) is 3.11. The van der Waals surface area contributed by atoms with Gasteiger partial charge in [0.1, 0.15) is 12.3 Å². The van der Waals surface area contributed by atoms with Gasteiger partial charge in [-0.2, -0.15) is 0 Å². The van der Waals surface area contributed by atoms with E-state index in [4.69, 9.17) is 0 Å². The number of anilines is 1. The van der Waals surface area contributed by atoms with Gasteiger partial charge in [0, 0.05) is 5.69 Å². The molecule has 0 bridgehead atoms. The maximum atomic E-state index is 12.3. The van der Waals surface area contributed by atoms with E-state index in [9.17, 15) is 27.6 Å². The smallest absolute Gasteiger partial charge is 0.406 e. The molecule has 0 aromatic heterocycles. The van der Waals surface area contributed by atoms with E-state index >= 15 is 0 Å². The third-order valence-corrected chi connectivity index (χ3v) is 4.27. The molecule has 3 amide bonds. The molecule has 1 aromatic carbocycles. The molecule has 1 N–H and O–H groups in total. The van der Waals surface area contributed by atoms with Crippen molar-refractivity contribution < 1.29 is 32.3 Å². The van der Waals surface area contributed by atoms with Gasteiger partial charge in [0.25, 0.3) is 0 Å². The van der Waals surface area contributed by atoms with E-state index in [-0.39, 0.29) is 17.5 Å². The van der Waals surface area contributed by atoms with E-state index in [2.05, 4.69) is 10.1 Å². The first-order chi connectivity index (χ1) is 12.2. The average Bonchev–Trinajstić information content (AvgIpc) is 2.81. The highest BCUT2D eigenvalue weighted by molar-refractivity contribution is 6.08. The molecule has 0 unspecified atom stereocenters. The number of hydrogen-bond acceptors (Lipinski definition) is 4. The van der Waals surface area contributed by atoms with Crippen LogP contribution in [0, 0.1) is 11.8 Å². The predicted octanol–water partition coefficient (Wildman–Crippen LogP) is 2.47. The van der Waals surface area contributed by atoms with Gasteiger partial charge in [-0.3, -0.25) is 19.3 Å². The Hall–Kier alpha value is -2.84. The van der Waals surface area contributed by atoms with E-state index in [1.165, 1.54) is 12.1 Å². The Kier molecular flexibility index (Phi) is 4.71. The van der Waals surface area contributed by atoms with Crippen LogP contribution in [0.4, 0.5) is 18.9 Å². The van der Waals surface area contributed by atoms with Crippen molar-refractivity contribution >= 4 is 23.4 Å². The first-order valence-corrected chi connectivity index (χ1v) is 7.90. The molecule has 1 aliphatic heterocycles. The Morgan fingerprint density at radius 2 is 1.62 bits per heavy atom. The quantitative estimate of drug-likeness (QED) is 0.654. The first-order valence-electron chi connectivity index (χ1n) is 7.90. The summed E-state index contributed by atoms with van der Waals surface area (Å²) in [5.74, 6) is -2.60. The molecule has 1 aromatic rings. The van der Waals surface area contributed by atoms with Crippen molar-refractivity contribution in [3.05, 3.63) is 36.4 Å². The lowest BCUT2D eigenvalue weighted by molar-refractivity contribution is -0.274. The van der Waals surface area contributed by atoms with Gasteiger partial charge in [0.15, 0.2) is 0 Å². The number of carbonyl (C=O) groups is 3. The maximum absolute atomic E-state index is 12.3. The second-order valence-electron chi connectivity index (χ2n) is 6.04. The maximum Gasteiger partial charge on any atom is 0.573 e. The molecule has 9 heteroatoms. The summed E-state index contributed by atoms with van der Waals surface area (Å²) in [5.41, 5.74) is 0.225. The van der Waals surface area contributed by atoms with Crippen LogP contribution in [0.1, 0.15) is 12.8 Å². The van der Waals surface area contributed by atoms with E-state index in [0.717, 1.165) is 17.0 Å². The van der Waals surface area contributed by atoms with Crippen molar-refractivity contribution in [1.82, 2.24) is 4.90 Å². The third-order valence-electron chi connectivity index (χ3n) is 4.27. The van der Waals surface area contributed by atoms with Gasteiger partial charge < -0.3 is 10.1 Å². The molecule has 3 rings (SSSR count). The second-order valence-corrected chi connectivity index (χ2v) is 6.04. The molecule has 6 nitrogen and oxygen atoms in total. The Morgan fingerprint density at radius 3 is 2.12 bits per heavy atom. The van der Waals surface area contributed by atoms with E-state index < -0.39 is 36.4 Å². The number of carbonyl (C=O) groups excluding carboxylic acids is 3. The van der Waals surface area contributed by atoms with Gasteiger partial charge in [0.2, 0.25) is 17.7 Å². The molecule has 0 radical (unpaired) electrons. The number of amides is 3. The molecule has 1 heterocycles. The SMILES string of the molecule is O=C(CN1C(=O)[C@@H]2CC=CC[C@H]2C1=O)Nc1ccc(OC(F)(F)F)cc1. The minimum Gasteiger partial charge on any atom is -0.406 e. The van der Waals surface area contributed by atoms with Crippen LogP contribution in [-0.4, -0.2) is 35.5 Å². The van der Waals surface area contributed by atoms with Gasteiger partial charge in [-0.25, -0.2) is 0 Å². The van der Waals surface area contributed by atoms with Gasteiger partial charge in [-0.15, -0.1) is 13.2 Å². The summed E-state index contributed by atoms with van der Waals surface area (Å²) < 4.78 is 40.1. The molecule has 26 heavy (non-hydrogen) atoms. The number of nitrogens with zero attached hydrogens (tertiary/aromatic N) is 1. The predicted molar refractivity (Wildman–Crippen MR) is 83.8 cm³/mol. The van der Waals surface area contributed by atoms with Crippen LogP contribution in [0.5, 0.6) is 5.75 Å². The number of ether oxygens (including phenoxy) is 1. The van der Waals surface area contributed by atoms with Crippen molar-refractivity contribution in [3.63, 3.8) is 0 Å². The molecule has 1 saturated heterocycles. The van der Waals surface area contributed by atoms with Crippen LogP contribution in [0.15, 0.2) is 36.4 Å². The fraction of sp³-hybridized carbons (Fsp3) is 0.353. The van der Waals surface area contributed by atoms with Crippen molar-refractivity contribution in [2.75, 3.05) is 11.9 Å². The van der Waals surface area contributed by atoms with E-state index in [1.807, 2.05) is 12.2 Å². The number of nitrogens with one attached hydrogen (secondary N) is 1. The molecule has 1 aliphatic carbocycles. The number of imide groups is 1. The van der Waals surface area contributed by atoms with Crippen molar-refractivity contribution in [2.24, 2.45) is 11.8 Å². The molecule has 2 atom stereocenters. The molecular weight excluding hydrogens is 353 g/mol. The van der Waals surface area contributed by atoms with Gasteiger partial charge in [-0.1, -0.05) is 12.2 Å². The highest BCUT2D eigenvalue weighted by Gasteiger charge is 2.47. The second kappa shape index (κ2) is 6.81. The molecular formula is C17H15F3N2O4. The number of alkyl halides is 3. The zero-order chi connectivity index (χ0) is 18.9. The summed E-state index contributed by atoms with van der Waals surface area (Å²) >= 11 is 0. The Morgan fingerprint density at radius 1 is 1.08 bits per heavy atom. The Bertz CT molecular complexity index is 732. The third kappa shape index (κ3) is 3.87. The summed E-state index contributed by atoms with van der Waals surface area (Å²) in [4.78, 5) is 37.6. The molecule has 0 spiro atoms. The minimum absolute atomic E-state index is 0.225. The van der Waals surface area contributed by atoms with Crippen LogP contribution < -0.4 is 10.1 Å². The number of fused-ring (bicyclic) bond motifs is 1. The van der Waals surface area contributed by atoms with E-state index in [1.54, 1.807) is 0 Å². The lowest BCUT2D eigenvalue weighted by Gasteiger charge is -2.15. The highest BCUT2D eigenvalue weighted by atomic mass is 19.4. The van der Waals surface area contributed by atoms with Crippen molar-refractivity contribution in [3.8, 4) is 5.75 Å². The van der Waals surface area contributed by atoms with E-state index in [0.29, 0.717) is 12.8 Å². The lowest BCUT2D eigenvalue weighted by atomic mass is 9.85. The summed E-state index contributed by atoms with van der Waals surface area (Å²) in [6.45, 7) is -0.425. The van der Waals surface area contributed by atoms with Crippen LogP contribution >= 0.6 is 0 Å². The number of likely N-dealkylation sites (tertiary alicyclic amines) is 1. The first kappa shape index (κ1) is 18.0. The number of rotatable bonds is 4. The largest absolute Gasteiger partial charge is 0.573 e. The highest BCUT2D eigenvalue weighted by Crippen LogP contribution is 2.34. The Balaban J connectivity index is 1.59. The molecule has 138 valence electrons. The van der Waals surface area contributed by atoms with Gasteiger partial charge in [-0.05, 0) is 37.1 Å². The number of allylic oxidation sites excluding steroid dienone is 2. The fourth-order valence-electron chi connectivity index (χ4n) is 3.11. The standard InChI is InChI=1S/C17H15F3N2O4/c18-17(19,20)26-11-7-5-10(6-8-11)21-14(23)9-22-15(24)12-3-1-2-4-13(12)16(22)25/h1-2,5-8,12-13H,3-4,9H2,(H,21,23)/t12-,13-/m1/s1. The van der Waals surface area contributed by atoms with Gasteiger partial charge in [0.05, 0.1) is 11.8 Å². The summed E-state index contributed by atoms with van der Waals surface area (Å²) in [6.07, 6.45) is -0.143. The lowest BCUT2D eigenvalue weighted by Crippen LogP contribution is -2.38. The topological polar surface area (TPSA) is 75.7 Å². The number of benzene rings is 1. The van der Waals surface area contributed by atoms with Crippen LogP contribution in [-0.2, 0) is 14.4 Å². The van der Waals surface area contributed by atoms with Crippen molar-refractivity contribution in [2.45, 2.75) is 19.2 Å². The minimum atomic E-state index is -4.80. The summed E-state index contributed by atoms with van der Waals surface area (Å²) in [7, 11) is 0. The summed E-state index contributed by atoms with van der Waals surface area (Å²) in [5, 5.41) is 2.44. The molecule has 0 saturated carbocycles. The van der Waals surface area contributed by atoms with Gasteiger partial charge >= 0.3 is 6.36 Å². The van der Waals surface area contributed by atoms with Crippen LogP contribution in [0.25, 0.3) is 0 Å². The number of halogens is 3. The van der Waals surface area contributed by atoms with Crippen LogP contribution in [0.2, 0.25) is 0 Å². The summed E-state index contributed by atoms with van der Waals surface area (Å²) in [6, 6.07) is 4.57. The molecule has 1 fully saturated rings. The molecule has 2 aliphatic rings. The van der Waals surface area contributed by atoms with Crippen LogP contribution in [0.3, 0.4) is 0 Å². The van der Waals surface area contributed by atoms with Crippen molar-refractivity contribution in [1.29, 1.82) is 0 Å². The zero-order valence-corrected chi connectivity index (χ0v) is 13.5. The monoisotopic (exact) mass is 368 g/mol. The average molecular weight is 368 g/mol.